The molecule has 29 heavy (non-hydrogen) atoms. The van der Waals surface area contributed by atoms with Gasteiger partial charge in [-0.25, -0.2) is 9.18 Å². The van der Waals surface area contributed by atoms with Crippen LogP contribution in [0.15, 0.2) is 33.9 Å². The molecule has 1 aliphatic rings. The van der Waals surface area contributed by atoms with Crippen LogP contribution in [-0.4, -0.2) is 34.9 Å². The van der Waals surface area contributed by atoms with Crippen LogP contribution in [0.3, 0.4) is 0 Å². The molecule has 2 heterocycles. The Kier molecular flexibility index (Phi) is 5.63. The third-order valence-electron chi connectivity index (χ3n) is 4.40. The zero-order valence-corrected chi connectivity index (χ0v) is 17.0. The number of esters is 1. The molecule has 0 fully saturated rings. The van der Waals surface area contributed by atoms with Gasteiger partial charge in [0.05, 0.1) is 24.0 Å². The van der Waals surface area contributed by atoms with E-state index < -0.39 is 11.8 Å². The fourth-order valence-electron chi connectivity index (χ4n) is 3.11. The molecule has 7 nitrogen and oxygen atoms in total. The Morgan fingerprint density at radius 1 is 1.31 bits per heavy atom. The zero-order chi connectivity index (χ0) is 20.4. The number of aromatic nitrogens is 2. The molecule has 1 aromatic carbocycles. The molecule has 0 aliphatic heterocycles. The molecule has 2 aromatic heterocycles. The van der Waals surface area contributed by atoms with Crippen molar-refractivity contribution >= 4 is 40.0 Å². The predicted molar refractivity (Wildman–Crippen MR) is 107 cm³/mol. The Balaban J connectivity index is 1.42. The third-order valence-corrected chi connectivity index (χ3v) is 6.43. The van der Waals surface area contributed by atoms with Crippen LogP contribution < -0.4 is 5.32 Å². The highest BCUT2D eigenvalue weighted by molar-refractivity contribution is 7.99. The molecule has 0 radical (unpaired) electrons. The summed E-state index contributed by atoms with van der Waals surface area (Å²) in [6.07, 6.45) is 2.70. The van der Waals surface area contributed by atoms with Crippen molar-refractivity contribution in [2.24, 2.45) is 0 Å². The minimum Gasteiger partial charge on any atom is -0.465 e. The summed E-state index contributed by atoms with van der Waals surface area (Å²) in [7, 11) is 1.32. The minimum absolute atomic E-state index is 0.00207. The number of thiophene rings is 1. The van der Waals surface area contributed by atoms with Gasteiger partial charge < -0.3 is 14.5 Å². The lowest BCUT2D eigenvalue weighted by Crippen LogP contribution is -2.16. The number of ether oxygens (including phenoxy) is 1. The van der Waals surface area contributed by atoms with E-state index in [1.54, 1.807) is 12.1 Å². The zero-order valence-electron chi connectivity index (χ0n) is 15.4. The number of halogens is 1. The molecule has 0 atom stereocenters. The van der Waals surface area contributed by atoms with Gasteiger partial charge in [-0.1, -0.05) is 23.9 Å². The maximum absolute atomic E-state index is 13.8. The van der Waals surface area contributed by atoms with Gasteiger partial charge in [-0.05, 0) is 37.0 Å². The van der Waals surface area contributed by atoms with E-state index in [1.807, 2.05) is 0 Å². The number of hydrogen-bond acceptors (Lipinski definition) is 8. The largest absolute Gasteiger partial charge is 0.465 e. The molecule has 1 N–H and O–H groups in total. The number of nitrogens with one attached hydrogen (secondary N) is 1. The smallest absolute Gasteiger partial charge is 0.341 e. The van der Waals surface area contributed by atoms with Crippen LogP contribution in [-0.2, 0) is 22.4 Å². The van der Waals surface area contributed by atoms with Crippen LogP contribution in [0.1, 0.15) is 27.2 Å². The average Bonchev–Trinajstić information content (AvgIpc) is 3.42. The van der Waals surface area contributed by atoms with Crippen molar-refractivity contribution in [3.8, 4) is 11.5 Å². The fourth-order valence-corrected chi connectivity index (χ4v) is 4.97. The van der Waals surface area contributed by atoms with Gasteiger partial charge in [0.2, 0.25) is 5.91 Å². The first-order chi connectivity index (χ1) is 14.1. The Morgan fingerprint density at radius 3 is 2.93 bits per heavy atom. The monoisotopic (exact) mass is 433 g/mol. The quantitative estimate of drug-likeness (QED) is 0.465. The van der Waals surface area contributed by atoms with E-state index in [2.05, 4.69) is 15.5 Å². The molecule has 150 valence electrons. The van der Waals surface area contributed by atoms with E-state index in [1.165, 1.54) is 30.6 Å². The summed E-state index contributed by atoms with van der Waals surface area (Å²) < 4.78 is 24.1. The molecule has 3 aromatic rings. The van der Waals surface area contributed by atoms with Crippen LogP contribution >= 0.6 is 23.1 Å². The second kappa shape index (κ2) is 8.34. The number of benzene rings is 1. The van der Waals surface area contributed by atoms with E-state index in [-0.39, 0.29) is 28.3 Å². The fraction of sp³-hybridized carbons (Fsp3) is 0.263. The van der Waals surface area contributed by atoms with Crippen molar-refractivity contribution < 1.29 is 23.1 Å². The summed E-state index contributed by atoms with van der Waals surface area (Å²) in [5.41, 5.74) is 1.62. The van der Waals surface area contributed by atoms with Crippen LogP contribution in [0.2, 0.25) is 0 Å². The minimum atomic E-state index is -0.466. The topological polar surface area (TPSA) is 94.3 Å². The number of carbonyl (C=O) groups excluding carboxylic acids is 2. The highest BCUT2D eigenvalue weighted by Crippen LogP contribution is 2.39. The first-order valence-corrected chi connectivity index (χ1v) is 10.6. The number of nitrogens with zero attached hydrogens (tertiary/aromatic N) is 2. The highest BCUT2D eigenvalue weighted by atomic mass is 32.2. The Bertz CT molecular complexity index is 1080. The third kappa shape index (κ3) is 4.03. The Labute approximate surface area is 173 Å². The first-order valence-electron chi connectivity index (χ1n) is 8.80. The van der Waals surface area contributed by atoms with E-state index in [9.17, 15) is 14.0 Å². The van der Waals surface area contributed by atoms with Crippen molar-refractivity contribution in [2.75, 3.05) is 18.2 Å². The lowest BCUT2D eigenvalue weighted by atomic mass is 10.1. The van der Waals surface area contributed by atoms with E-state index in [4.69, 9.17) is 9.15 Å². The molecule has 1 aliphatic carbocycles. The SMILES string of the molecule is COC(=O)c1c(NC(=O)CSc2nnc(-c3ccccc3F)o2)sc2c1CCC2. The molecule has 1 amide bonds. The molecular formula is C19H16FN3O4S2. The van der Waals surface area contributed by atoms with Gasteiger partial charge in [0.15, 0.2) is 0 Å². The molecule has 0 unspecified atom stereocenters. The summed E-state index contributed by atoms with van der Waals surface area (Å²) in [5.74, 6) is -1.17. The maximum atomic E-state index is 13.8. The highest BCUT2D eigenvalue weighted by Gasteiger charge is 2.28. The number of methoxy groups -OCH3 is 1. The van der Waals surface area contributed by atoms with Crippen molar-refractivity contribution in [2.45, 2.75) is 24.5 Å². The number of carbonyl (C=O) groups is 2. The number of amides is 1. The lowest BCUT2D eigenvalue weighted by molar-refractivity contribution is -0.113. The van der Waals surface area contributed by atoms with Gasteiger partial charge in [0.25, 0.3) is 11.1 Å². The second-order valence-electron chi connectivity index (χ2n) is 6.24. The van der Waals surface area contributed by atoms with Crippen LogP contribution in [0.25, 0.3) is 11.5 Å². The van der Waals surface area contributed by atoms with E-state index >= 15 is 0 Å². The predicted octanol–water partition coefficient (Wildman–Crippen LogP) is 3.94. The maximum Gasteiger partial charge on any atom is 0.341 e. The summed E-state index contributed by atoms with van der Waals surface area (Å²) in [6, 6.07) is 6.07. The molecule has 0 saturated carbocycles. The van der Waals surface area contributed by atoms with Gasteiger partial charge in [-0.15, -0.1) is 21.5 Å². The molecule has 0 saturated heterocycles. The van der Waals surface area contributed by atoms with Gasteiger partial charge in [-0.3, -0.25) is 4.79 Å². The van der Waals surface area contributed by atoms with Crippen LogP contribution in [0, 0.1) is 5.82 Å². The normalized spacial score (nSPS) is 12.6. The Morgan fingerprint density at radius 2 is 2.14 bits per heavy atom. The summed E-state index contributed by atoms with van der Waals surface area (Å²) in [4.78, 5) is 25.6. The molecule has 4 rings (SSSR count). The molecule has 0 bridgehead atoms. The van der Waals surface area contributed by atoms with Gasteiger partial charge in [0, 0.05) is 4.88 Å². The molecule has 0 spiro atoms. The summed E-state index contributed by atoms with van der Waals surface area (Å²) in [6.45, 7) is 0. The number of rotatable bonds is 6. The standard InChI is InChI=1S/C19H16FN3O4S2/c1-26-18(25)15-11-6-4-8-13(11)29-17(15)21-14(24)9-28-19-23-22-16(27-19)10-5-2-3-7-12(10)20/h2-3,5,7H,4,6,8-9H2,1H3,(H,21,24). The number of hydrogen-bond donors (Lipinski definition) is 1. The van der Waals surface area contributed by atoms with E-state index in [0.29, 0.717) is 10.6 Å². The Hall–Kier alpha value is -2.72. The molecular weight excluding hydrogens is 417 g/mol. The van der Waals surface area contributed by atoms with Gasteiger partial charge in [-0.2, -0.15) is 0 Å². The molecule has 10 heteroatoms. The van der Waals surface area contributed by atoms with E-state index in [0.717, 1.165) is 41.5 Å². The summed E-state index contributed by atoms with van der Waals surface area (Å²) in [5, 5.41) is 11.1. The van der Waals surface area contributed by atoms with Crippen molar-refractivity contribution in [3.63, 3.8) is 0 Å². The average molecular weight is 433 g/mol. The first kappa shape index (κ1) is 19.6. The van der Waals surface area contributed by atoms with Crippen molar-refractivity contribution in [1.29, 1.82) is 0 Å². The van der Waals surface area contributed by atoms with Crippen molar-refractivity contribution in [1.82, 2.24) is 10.2 Å². The van der Waals surface area contributed by atoms with Crippen molar-refractivity contribution in [3.05, 3.63) is 46.1 Å². The van der Waals surface area contributed by atoms with Crippen LogP contribution in [0.5, 0.6) is 0 Å². The number of fused-ring (bicyclic) bond motifs is 1. The number of thioether (sulfide) groups is 1. The lowest BCUT2D eigenvalue weighted by Gasteiger charge is -2.06. The van der Waals surface area contributed by atoms with Crippen LogP contribution in [0.4, 0.5) is 9.39 Å². The second-order valence-corrected chi connectivity index (χ2v) is 8.27. The van der Waals surface area contributed by atoms with Gasteiger partial charge >= 0.3 is 5.97 Å². The summed E-state index contributed by atoms with van der Waals surface area (Å²) >= 11 is 2.44. The number of anilines is 1. The van der Waals surface area contributed by atoms with Gasteiger partial charge in [0.1, 0.15) is 10.8 Å². The number of aryl methyl sites for hydroxylation is 1.